The lowest BCUT2D eigenvalue weighted by atomic mass is 9.79. The summed E-state index contributed by atoms with van der Waals surface area (Å²) >= 11 is 0. The van der Waals surface area contributed by atoms with Gasteiger partial charge in [0, 0.05) is 12.3 Å². The third kappa shape index (κ3) is 7.81. The SMILES string of the molecule is CC(F)CC(CC(F)CC#CC(F)(F)F)c1ccc(C2CCC(C)CC2)cc1. The minimum atomic E-state index is -4.61. The largest absolute Gasteiger partial charge is 0.457 e. The van der Waals surface area contributed by atoms with Crippen LogP contribution in [0, 0.1) is 17.8 Å². The van der Waals surface area contributed by atoms with Crippen LogP contribution in [-0.4, -0.2) is 18.5 Å². The normalized spacial score (nSPS) is 23.4. The van der Waals surface area contributed by atoms with Crippen LogP contribution in [-0.2, 0) is 0 Å². The van der Waals surface area contributed by atoms with E-state index in [1.54, 1.807) is 0 Å². The molecule has 0 amide bonds. The highest BCUT2D eigenvalue weighted by Gasteiger charge is 2.24. The highest BCUT2D eigenvalue weighted by atomic mass is 19.4. The van der Waals surface area contributed by atoms with Crippen LogP contribution in [0.15, 0.2) is 24.3 Å². The summed E-state index contributed by atoms with van der Waals surface area (Å²) in [6, 6.07) is 7.94. The molecule has 3 unspecified atom stereocenters. The van der Waals surface area contributed by atoms with Gasteiger partial charge >= 0.3 is 6.18 Å². The standard InChI is InChI=1S/C23H29F5/c1-16-5-7-18(8-6-16)19-9-11-20(12-10-19)21(14-17(2)24)15-22(25)4-3-13-23(26,27)28/h9-12,16-18,21-22H,4-8,14-15H2,1-2H3. The van der Waals surface area contributed by atoms with E-state index >= 15 is 0 Å². The first kappa shape index (κ1) is 22.7. The smallest absolute Gasteiger partial charge is 0.248 e. The molecule has 0 heterocycles. The van der Waals surface area contributed by atoms with Crippen LogP contribution >= 0.6 is 0 Å². The molecule has 3 atom stereocenters. The average Bonchev–Trinajstić information content (AvgIpc) is 2.60. The molecule has 1 aliphatic rings. The zero-order chi connectivity index (χ0) is 20.7. The molecular weight excluding hydrogens is 371 g/mol. The molecule has 0 aromatic heterocycles. The van der Waals surface area contributed by atoms with E-state index in [2.05, 4.69) is 6.92 Å². The molecule has 1 aliphatic carbocycles. The molecule has 1 aromatic rings. The van der Waals surface area contributed by atoms with E-state index in [1.807, 2.05) is 30.2 Å². The monoisotopic (exact) mass is 400 g/mol. The molecule has 0 saturated heterocycles. The van der Waals surface area contributed by atoms with Gasteiger partial charge in [0.2, 0.25) is 0 Å². The predicted octanol–water partition coefficient (Wildman–Crippen LogP) is 7.50. The third-order valence-electron chi connectivity index (χ3n) is 5.60. The summed E-state index contributed by atoms with van der Waals surface area (Å²) < 4.78 is 64.0. The highest BCUT2D eigenvalue weighted by molar-refractivity contribution is 5.28. The van der Waals surface area contributed by atoms with Gasteiger partial charge in [-0.1, -0.05) is 50.0 Å². The van der Waals surface area contributed by atoms with Crippen molar-refractivity contribution in [1.29, 1.82) is 0 Å². The van der Waals surface area contributed by atoms with E-state index in [4.69, 9.17) is 0 Å². The molecule has 2 rings (SSSR count). The van der Waals surface area contributed by atoms with E-state index in [9.17, 15) is 22.0 Å². The Morgan fingerprint density at radius 1 is 1.00 bits per heavy atom. The van der Waals surface area contributed by atoms with E-state index in [-0.39, 0.29) is 18.8 Å². The Hall–Kier alpha value is -1.57. The van der Waals surface area contributed by atoms with Crippen molar-refractivity contribution in [3.05, 3.63) is 35.4 Å². The van der Waals surface area contributed by atoms with Gasteiger partial charge in [-0.3, -0.25) is 0 Å². The number of alkyl halides is 5. The molecule has 156 valence electrons. The molecule has 0 radical (unpaired) electrons. The van der Waals surface area contributed by atoms with Gasteiger partial charge < -0.3 is 0 Å². The van der Waals surface area contributed by atoms with Crippen molar-refractivity contribution in [2.75, 3.05) is 0 Å². The topological polar surface area (TPSA) is 0 Å². The fraction of sp³-hybridized carbons (Fsp3) is 0.652. The number of hydrogen-bond acceptors (Lipinski definition) is 0. The summed E-state index contributed by atoms with van der Waals surface area (Å²) in [4.78, 5) is 0. The molecule has 0 aliphatic heterocycles. The first-order chi connectivity index (χ1) is 13.1. The van der Waals surface area contributed by atoms with Crippen molar-refractivity contribution in [2.45, 2.75) is 89.1 Å². The zero-order valence-electron chi connectivity index (χ0n) is 16.5. The third-order valence-corrected chi connectivity index (χ3v) is 5.60. The van der Waals surface area contributed by atoms with Crippen molar-refractivity contribution in [3.63, 3.8) is 0 Å². The van der Waals surface area contributed by atoms with Crippen LogP contribution < -0.4 is 0 Å². The summed E-state index contributed by atoms with van der Waals surface area (Å²) in [5.74, 6) is 3.87. The van der Waals surface area contributed by atoms with Gasteiger partial charge in [0.25, 0.3) is 0 Å². The Morgan fingerprint density at radius 2 is 1.61 bits per heavy atom. The van der Waals surface area contributed by atoms with E-state index in [1.165, 1.54) is 25.3 Å². The molecule has 0 N–H and O–H groups in total. The first-order valence-electron chi connectivity index (χ1n) is 10.1. The van der Waals surface area contributed by atoms with Gasteiger partial charge in [-0.25, -0.2) is 8.78 Å². The molecule has 28 heavy (non-hydrogen) atoms. The summed E-state index contributed by atoms with van der Waals surface area (Å²) in [6.45, 7) is 3.69. The Labute approximate surface area is 164 Å². The van der Waals surface area contributed by atoms with Crippen LogP contribution in [0.1, 0.15) is 81.8 Å². The maximum Gasteiger partial charge on any atom is 0.457 e. The first-order valence-corrected chi connectivity index (χ1v) is 10.1. The highest BCUT2D eigenvalue weighted by Crippen LogP contribution is 2.37. The summed E-state index contributed by atoms with van der Waals surface area (Å²) in [5, 5.41) is 0. The van der Waals surface area contributed by atoms with Crippen molar-refractivity contribution in [2.24, 2.45) is 5.92 Å². The van der Waals surface area contributed by atoms with Crippen molar-refractivity contribution in [3.8, 4) is 11.8 Å². The van der Waals surface area contributed by atoms with Crippen LogP contribution in [0.5, 0.6) is 0 Å². The Balaban J connectivity index is 2.02. The van der Waals surface area contributed by atoms with Crippen LogP contribution in [0.4, 0.5) is 22.0 Å². The lowest BCUT2D eigenvalue weighted by molar-refractivity contribution is -0.0697. The summed E-state index contributed by atoms with van der Waals surface area (Å²) in [5.41, 5.74) is 2.10. The van der Waals surface area contributed by atoms with Gasteiger partial charge in [0.05, 0.1) is 6.17 Å². The van der Waals surface area contributed by atoms with Gasteiger partial charge in [0.15, 0.2) is 0 Å². The Bertz CT molecular complexity index is 642. The minimum absolute atomic E-state index is 0.0267. The maximum atomic E-state index is 14.2. The second-order valence-electron chi connectivity index (χ2n) is 8.17. The number of rotatable bonds is 7. The van der Waals surface area contributed by atoms with Gasteiger partial charge in [-0.2, -0.15) is 13.2 Å². The molecule has 5 heteroatoms. The molecule has 0 nitrogen and oxygen atoms in total. The molecule has 1 fully saturated rings. The zero-order valence-corrected chi connectivity index (χ0v) is 16.5. The van der Waals surface area contributed by atoms with Gasteiger partial charge in [-0.05, 0) is 61.5 Å². The molecule has 1 saturated carbocycles. The van der Waals surface area contributed by atoms with Crippen molar-refractivity contribution < 1.29 is 22.0 Å². The second-order valence-corrected chi connectivity index (χ2v) is 8.17. The van der Waals surface area contributed by atoms with Gasteiger partial charge in [0.1, 0.15) is 6.17 Å². The number of hydrogen-bond donors (Lipinski definition) is 0. The second kappa shape index (κ2) is 10.3. The molecular formula is C23H29F5. The van der Waals surface area contributed by atoms with Crippen LogP contribution in [0.25, 0.3) is 0 Å². The van der Waals surface area contributed by atoms with Crippen molar-refractivity contribution in [1.82, 2.24) is 0 Å². The fourth-order valence-electron chi connectivity index (χ4n) is 4.05. The van der Waals surface area contributed by atoms with E-state index in [0.717, 1.165) is 30.2 Å². The van der Waals surface area contributed by atoms with E-state index < -0.39 is 24.9 Å². The lowest BCUT2D eigenvalue weighted by Gasteiger charge is -2.27. The van der Waals surface area contributed by atoms with Crippen molar-refractivity contribution >= 4 is 0 Å². The predicted molar refractivity (Wildman–Crippen MR) is 103 cm³/mol. The summed E-state index contributed by atoms with van der Waals surface area (Å²) in [6.07, 6.45) is -2.85. The molecule has 0 bridgehead atoms. The summed E-state index contributed by atoms with van der Waals surface area (Å²) in [7, 11) is 0. The quantitative estimate of drug-likeness (QED) is 0.328. The number of halogens is 5. The van der Waals surface area contributed by atoms with Gasteiger partial charge in [-0.15, -0.1) is 0 Å². The lowest BCUT2D eigenvalue weighted by Crippen LogP contribution is -2.13. The molecule has 0 spiro atoms. The van der Waals surface area contributed by atoms with Crippen LogP contribution in [0.3, 0.4) is 0 Å². The average molecular weight is 400 g/mol. The fourth-order valence-corrected chi connectivity index (χ4v) is 4.05. The number of benzene rings is 1. The minimum Gasteiger partial charge on any atom is -0.248 e. The maximum absolute atomic E-state index is 14.2. The molecule has 1 aromatic carbocycles. The Kier molecular flexibility index (Phi) is 8.34. The Morgan fingerprint density at radius 3 is 2.14 bits per heavy atom. The van der Waals surface area contributed by atoms with Crippen LogP contribution in [0.2, 0.25) is 0 Å². The van der Waals surface area contributed by atoms with E-state index in [0.29, 0.717) is 5.92 Å².